The van der Waals surface area contributed by atoms with Crippen LogP contribution in [0.2, 0.25) is 5.15 Å². The van der Waals surface area contributed by atoms with Crippen LogP contribution in [-0.4, -0.2) is 53.3 Å². The molecule has 9 heteroatoms. The molecular weight excluding hydrogens is 354 g/mol. The van der Waals surface area contributed by atoms with Gasteiger partial charge in [0.2, 0.25) is 0 Å². The highest BCUT2D eigenvalue weighted by atomic mass is 35.5. The highest BCUT2D eigenvalue weighted by molar-refractivity contribution is 7.91. The number of carbonyl (C=O) groups excluding carboxylic acids is 1. The average Bonchev–Trinajstić information content (AvgIpc) is 2.45. The highest BCUT2D eigenvalue weighted by Crippen LogP contribution is 2.23. The highest BCUT2D eigenvalue weighted by Gasteiger charge is 2.34. The number of hydrogen-bond donors (Lipinski definition) is 0. The zero-order valence-electron chi connectivity index (χ0n) is 14.0. The van der Waals surface area contributed by atoms with Gasteiger partial charge in [0.1, 0.15) is 17.1 Å². The molecule has 0 aromatic carbocycles. The molecule has 0 unspecified atom stereocenters. The van der Waals surface area contributed by atoms with Crippen molar-refractivity contribution in [3.8, 4) is 0 Å². The Morgan fingerprint density at radius 3 is 2.71 bits per heavy atom. The molecule has 1 fully saturated rings. The molecule has 0 aliphatic carbocycles. The fourth-order valence-corrected chi connectivity index (χ4v) is 4.30. The maximum absolute atomic E-state index is 12.6. The van der Waals surface area contributed by atoms with Crippen LogP contribution in [0.4, 0.5) is 4.79 Å². The monoisotopic (exact) mass is 375 g/mol. The van der Waals surface area contributed by atoms with Gasteiger partial charge in [0.05, 0.1) is 5.75 Å². The minimum absolute atomic E-state index is 0.0659. The third-order valence-corrected chi connectivity index (χ3v) is 5.49. The van der Waals surface area contributed by atoms with Crippen molar-refractivity contribution in [1.29, 1.82) is 0 Å². The summed E-state index contributed by atoms with van der Waals surface area (Å²) in [6.45, 7) is 5.83. The maximum atomic E-state index is 12.6. The van der Waals surface area contributed by atoms with Crippen LogP contribution >= 0.6 is 11.6 Å². The number of aromatic nitrogens is 2. The van der Waals surface area contributed by atoms with Gasteiger partial charge < -0.3 is 9.64 Å². The van der Waals surface area contributed by atoms with Gasteiger partial charge in [-0.25, -0.2) is 23.2 Å². The van der Waals surface area contributed by atoms with Crippen LogP contribution in [0, 0.1) is 0 Å². The zero-order valence-corrected chi connectivity index (χ0v) is 15.6. The van der Waals surface area contributed by atoms with E-state index in [1.54, 1.807) is 20.8 Å². The summed E-state index contributed by atoms with van der Waals surface area (Å²) in [6.07, 6.45) is 2.93. The molecular formula is C15H22ClN3O4S. The Balaban J connectivity index is 2.17. The standard InChI is InChI=1S/C15H22ClN3O4S/c1-15(2,3)23-14(20)19-7-5-4-6-11(19)9-24(21,22)13-8-12(16)17-10-18-13/h8,10-11H,4-7,9H2,1-3H3/t11-/m0/s1. The van der Waals surface area contributed by atoms with Crippen molar-refractivity contribution < 1.29 is 17.9 Å². The van der Waals surface area contributed by atoms with Crippen LogP contribution < -0.4 is 0 Å². The SMILES string of the molecule is CC(C)(C)OC(=O)N1CCCC[C@H]1CS(=O)(=O)c1cc(Cl)ncn1. The second-order valence-electron chi connectivity index (χ2n) is 6.78. The molecule has 134 valence electrons. The molecule has 1 aliphatic rings. The second-order valence-corrected chi connectivity index (χ2v) is 9.15. The summed E-state index contributed by atoms with van der Waals surface area (Å²) in [5.41, 5.74) is -0.627. The molecule has 1 aliphatic heterocycles. The van der Waals surface area contributed by atoms with E-state index in [4.69, 9.17) is 16.3 Å². The van der Waals surface area contributed by atoms with E-state index >= 15 is 0 Å². The summed E-state index contributed by atoms with van der Waals surface area (Å²) < 4.78 is 30.5. The third-order valence-electron chi connectivity index (χ3n) is 3.59. The van der Waals surface area contributed by atoms with Crippen LogP contribution in [0.1, 0.15) is 40.0 Å². The molecule has 0 saturated carbocycles. The number of hydrogen-bond acceptors (Lipinski definition) is 6. The first-order chi connectivity index (χ1) is 11.1. The minimum Gasteiger partial charge on any atom is -0.444 e. The number of sulfone groups is 1. The van der Waals surface area contributed by atoms with Crippen molar-refractivity contribution in [3.05, 3.63) is 17.5 Å². The molecule has 0 spiro atoms. The Kier molecular flexibility index (Phi) is 5.70. The lowest BCUT2D eigenvalue weighted by atomic mass is 10.0. The van der Waals surface area contributed by atoms with Gasteiger partial charge in [-0.05, 0) is 40.0 Å². The summed E-state index contributed by atoms with van der Waals surface area (Å²) in [5, 5.41) is -0.0616. The number of ether oxygens (including phenoxy) is 1. The molecule has 2 heterocycles. The van der Waals surface area contributed by atoms with Crippen LogP contribution in [0.25, 0.3) is 0 Å². The Morgan fingerprint density at radius 1 is 1.38 bits per heavy atom. The Labute approximate surface area is 147 Å². The predicted octanol–water partition coefficient (Wildman–Crippen LogP) is 2.69. The first-order valence-electron chi connectivity index (χ1n) is 7.78. The van der Waals surface area contributed by atoms with Gasteiger partial charge in [-0.3, -0.25) is 0 Å². The van der Waals surface area contributed by atoms with Crippen LogP contribution in [0.3, 0.4) is 0 Å². The number of carbonyl (C=O) groups is 1. The normalized spacial score (nSPS) is 19.2. The number of likely N-dealkylation sites (tertiary alicyclic amines) is 1. The van der Waals surface area contributed by atoms with Gasteiger partial charge in [-0.1, -0.05) is 11.6 Å². The van der Waals surface area contributed by atoms with Gasteiger partial charge in [0, 0.05) is 18.7 Å². The zero-order chi connectivity index (χ0) is 18.0. The van der Waals surface area contributed by atoms with Crippen molar-refractivity contribution in [2.45, 2.75) is 56.7 Å². The molecule has 0 N–H and O–H groups in total. The van der Waals surface area contributed by atoms with E-state index in [9.17, 15) is 13.2 Å². The first-order valence-corrected chi connectivity index (χ1v) is 9.81. The summed E-state index contributed by atoms with van der Waals surface area (Å²) in [4.78, 5) is 21.3. The maximum Gasteiger partial charge on any atom is 0.410 e. The molecule has 7 nitrogen and oxygen atoms in total. The molecule has 1 saturated heterocycles. The molecule has 2 rings (SSSR count). The molecule has 1 aromatic heterocycles. The number of amides is 1. The number of halogens is 1. The average molecular weight is 376 g/mol. The smallest absolute Gasteiger partial charge is 0.410 e. The summed E-state index contributed by atoms with van der Waals surface area (Å²) >= 11 is 5.75. The van der Waals surface area contributed by atoms with Crippen molar-refractivity contribution in [3.63, 3.8) is 0 Å². The van der Waals surface area contributed by atoms with E-state index in [0.29, 0.717) is 13.0 Å². The Bertz CT molecular complexity index is 703. The van der Waals surface area contributed by atoms with Crippen molar-refractivity contribution >= 4 is 27.5 Å². The van der Waals surface area contributed by atoms with E-state index in [1.165, 1.54) is 11.0 Å². The predicted molar refractivity (Wildman–Crippen MR) is 89.7 cm³/mol. The minimum atomic E-state index is -3.68. The van der Waals surface area contributed by atoms with Gasteiger partial charge >= 0.3 is 6.09 Å². The molecule has 1 aromatic rings. The molecule has 0 bridgehead atoms. The topological polar surface area (TPSA) is 89.5 Å². The summed E-state index contributed by atoms with van der Waals surface area (Å²) in [5.74, 6) is -0.209. The molecule has 1 amide bonds. The lowest BCUT2D eigenvalue weighted by molar-refractivity contribution is 0.0124. The fourth-order valence-electron chi connectivity index (χ4n) is 2.56. The van der Waals surface area contributed by atoms with Crippen molar-refractivity contribution in [2.75, 3.05) is 12.3 Å². The third kappa shape index (κ3) is 5.04. The molecule has 1 atom stereocenters. The van der Waals surface area contributed by atoms with Crippen LogP contribution in [0.15, 0.2) is 17.4 Å². The number of nitrogens with zero attached hydrogens (tertiary/aromatic N) is 3. The number of rotatable bonds is 3. The van der Waals surface area contributed by atoms with E-state index in [2.05, 4.69) is 9.97 Å². The lowest BCUT2D eigenvalue weighted by Crippen LogP contribution is -2.48. The van der Waals surface area contributed by atoms with Gasteiger partial charge in [-0.2, -0.15) is 0 Å². The van der Waals surface area contributed by atoms with E-state index in [-0.39, 0.29) is 15.9 Å². The lowest BCUT2D eigenvalue weighted by Gasteiger charge is -2.36. The molecule has 24 heavy (non-hydrogen) atoms. The van der Waals surface area contributed by atoms with E-state index in [0.717, 1.165) is 19.2 Å². The van der Waals surface area contributed by atoms with Crippen LogP contribution in [0.5, 0.6) is 0 Å². The largest absolute Gasteiger partial charge is 0.444 e. The Hall–Kier alpha value is -1.41. The Morgan fingerprint density at radius 2 is 2.08 bits per heavy atom. The molecule has 0 radical (unpaired) electrons. The van der Waals surface area contributed by atoms with Gasteiger partial charge in [-0.15, -0.1) is 0 Å². The van der Waals surface area contributed by atoms with Gasteiger partial charge in [0.15, 0.2) is 14.9 Å². The van der Waals surface area contributed by atoms with Crippen LogP contribution in [-0.2, 0) is 14.6 Å². The van der Waals surface area contributed by atoms with E-state index in [1.807, 2.05) is 0 Å². The summed E-state index contributed by atoms with van der Waals surface area (Å²) in [7, 11) is -3.68. The fraction of sp³-hybridized carbons (Fsp3) is 0.667. The second kappa shape index (κ2) is 7.23. The van der Waals surface area contributed by atoms with Gasteiger partial charge in [0.25, 0.3) is 0 Å². The summed E-state index contributed by atoms with van der Waals surface area (Å²) in [6, 6.07) is 0.782. The first kappa shape index (κ1) is 18.9. The number of piperidine rings is 1. The van der Waals surface area contributed by atoms with Crippen molar-refractivity contribution in [1.82, 2.24) is 14.9 Å². The van der Waals surface area contributed by atoms with Crippen molar-refractivity contribution in [2.24, 2.45) is 0 Å². The van der Waals surface area contributed by atoms with E-state index < -0.39 is 27.6 Å². The quantitative estimate of drug-likeness (QED) is 0.754.